The Labute approximate surface area is 140 Å². The fourth-order valence-corrected chi connectivity index (χ4v) is 3.02. The normalized spacial score (nSPS) is 17.5. The van der Waals surface area contributed by atoms with Crippen molar-refractivity contribution in [1.29, 1.82) is 0 Å². The zero-order chi connectivity index (χ0) is 16.9. The Hall–Kier alpha value is -2.83. The Kier molecular flexibility index (Phi) is 4.79. The topological polar surface area (TPSA) is 93.3 Å². The maximum atomic E-state index is 12.4. The number of hydrogen-bond donors (Lipinski definition) is 2. The molecular weight excluding hydrogens is 306 g/mol. The van der Waals surface area contributed by atoms with Gasteiger partial charge in [-0.2, -0.15) is 5.10 Å². The van der Waals surface area contributed by atoms with Crippen LogP contribution < -0.4 is 11.1 Å². The maximum Gasteiger partial charge on any atom is 0.321 e. The first-order chi connectivity index (χ1) is 11.6. The fourth-order valence-electron chi connectivity index (χ4n) is 3.02. The van der Waals surface area contributed by atoms with Gasteiger partial charge in [0.15, 0.2) is 0 Å². The number of nitrogens with one attached hydrogen (secondary N) is 1. The molecule has 1 aliphatic heterocycles. The average molecular weight is 327 g/mol. The van der Waals surface area contributed by atoms with E-state index >= 15 is 0 Å². The number of nitrogens with zero attached hydrogens (tertiary/aromatic N) is 3. The van der Waals surface area contributed by atoms with Gasteiger partial charge in [0.25, 0.3) is 0 Å². The third kappa shape index (κ3) is 3.92. The summed E-state index contributed by atoms with van der Waals surface area (Å²) >= 11 is 0. The molecule has 0 radical (unpaired) electrons. The molecule has 3 N–H and O–H groups in total. The van der Waals surface area contributed by atoms with E-state index in [4.69, 9.17) is 5.73 Å². The number of benzene rings is 1. The Morgan fingerprint density at radius 2 is 2.08 bits per heavy atom. The van der Waals surface area contributed by atoms with Crippen molar-refractivity contribution in [3.05, 3.63) is 42.7 Å². The zero-order valence-corrected chi connectivity index (χ0v) is 13.4. The highest BCUT2D eigenvalue weighted by Crippen LogP contribution is 2.20. The fraction of sp³-hybridized carbons (Fsp3) is 0.353. The number of aromatic nitrogens is 2. The Morgan fingerprint density at radius 1 is 1.29 bits per heavy atom. The van der Waals surface area contributed by atoms with E-state index in [9.17, 15) is 9.59 Å². The van der Waals surface area contributed by atoms with Gasteiger partial charge in [-0.15, -0.1) is 0 Å². The van der Waals surface area contributed by atoms with Crippen LogP contribution in [-0.2, 0) is 4.79 Å². The Bertz CT molecular complexity index is 696. The number of carbonyl (C=O) groups is 2. The highest BCUT2D eigenvalue weighted by Gasteiger charge is 2.24. The predicted octanol–water partition coefficient (Wildman–Crippen LogP) is 1.99. The van der Waals surface area contributed by atoms with Gasteiger partial charge in [-0.3, -0.25) is 4.79 Å². The van der Waals surface area contributed by atoms with Crippen LogP contribution in [0.4, 0.5) is 10.5 Å². The summed E-state index contributed by atoms with van der Waals surface area (Å²) in [5.41, 5.74) is 6.92. The molecule has 3 rings (SSSR count). The molecule has 7 heteroatoms. The summed E-state index contributed by atoms with van der Waals surface area (Å²) in [5, 5.41) is 7.06. The molecule has 1 saturated heterocycles. The minimum atomic E-state index is -0.309. The van der Waals surface area contributed by atoms with Gasteiger partial charge in [0, 0.05) is 37.6 Å². The van der Waals surface area contributed by atoms with Crippen LogP contribution >= 0.6 is 0 Å². The number of likely N-dealkylation sites (tertiary alicyclic amines) is 1. The summed E-state index contributed by atoms with van der Waals surface area (Å²) in [7, 11) is 0. The minimum absolute atomic E-state index is 0.143. The van der Waals surface area contributed by atoms with E-state index in [-0.39, 0.29) is 17.9 Å². The number of primary amides is 1. The molecule has 7 nitrogen and oxygen atoms in total. The molecule has 126 valence electrons. The van der Waals surface area contributed by atoms with Crippen LogP contribution in [0.5, 0.6) is 0 Å². The van der Waals surface area contributed by atoms with Crippen molar-refractivity contribution < 1.29 is 9.59 Å². The molecule has 1 aromatic heterocycles. The number of anilines is 1. The molecule has 0 bridgehead atoms. The van der Waals surface area contributed by atoms with E-state index < -0.39 is 0 Å². The zero-order valence-electron chi connectivity index (χ0n) is 13.4. The molecule has 1 aromatic carbocycles. The van der Waals surface area contributed by atoms with Crippen molar-refractivity contribution in [3.63, 3.8) is 0 Å². The van der Waals surface area contributed by atoms with Gasteiger partial charge in [-0.1, -0.05) is 0 Å². The SMILES string of the molecule is NC(=O)C[C@H]1CCCN(C(=O)Nc2ccc(-n3cccn3)cc2)C1. The summed E-state index contributed by atoms with van der Waals surface area (Å²) in [6, 6.07) is 9.20. The quantitative estimate of drug-likeness (QED) is 0.899. The van der Waals surface area contributed by atoms with Gasteiger partial charge >= 0.3 is 6.03 Å². The molecule has 0 saturated carbocycles. The summed E-state index contributed by atoms with van der Waals surface area (Å²) in [5.74, 6) is -0.152. The van der Waals surface area contributed by atoms with Gasteiger partial charge in [-0.05, 0) is 49.1 Å². The number of urea groups is 1. The number of piperidine rings is 1. The van der Waals surface area contributed by atoms with Crippen molar-refractivity contribution in [2.24, 2.45) is 11.7 Å². The third-order valence-corrected chi connectivity index (χ3v) is 4.18. The first-order valence-corrected chi connectivity index (χ1v) is 8.06. The molecule has 1 atom stereocenters. The van der Waals surface area contributed by atoms with E-state index in [0.29, 0.717) is 19.5 Å². The lowest BCUT2D eigenvalue weighted by Crippen LogP contribution is -2.43. The third-order valence-electron chi connectivity index (χ3n) is 4.18. The van der Waals surface area contributed by atoms with Crippen LogP contribution in [-0.4, -0.2) is 39.7 Å². The predicted molar refractivity (Wildman–Crippen MR) is 90.7 cm³/mol. The molecule has 0 unspecified atom stereocenters. The smallest absolute Gasteiger partial charge is 0.321 e. The molecule has 1 aliphatic rings. The number of carbonyl (C=O) groups excluding carboxylic acids is 2. The molecular formula is C17H21N5O2. The molecule has 24 heavy (non-hydrogen) atoms. The number of rotatable bonds is 4. The lowest BCUT2D eigenvalue weighted by molar-refractivity contribution is -0.119. The maximum absolute atomic E-state index is 12.4. The van der Waals surface area contributed by atoms with Crippen molar-refractivity contribution in [1.82, 2.24) is 14.7 Å². The minimum Gasteiger partial charge on any atom is -0.370 e. The van der Waals surface area contributed by atoms with Crippen LogP contribution in [0.15, 0.2) is 42.7 Å². The molecule has 2 aromatic rings. The van der Waals surface area contributed by atoms with Gasteiger partial charge < -0.3 is 16.0 Å². The highest BCUT2D eigenvalue weighted by molar-refractivity contribution is 5.89. The van der Waals surface area contributed by atoms with Crippen LogP contribution in [0.2, 0.25) is 0 Å². The second kappa shape index (κ2) is 7.16. The van der Waals surface area contributed by atoms with Crippen LogP contribution in [0.1, 0.15) is 19.3 Å². The van der Waals surface area contributed by atoms with Crippen molar-refractivity contribution >= 4 is 17.6 Å². The summed E-state index contributed by atoms with van der Waals surface area (Å²) in [4.78, 5) is 25.2. The standard InChI is InChI=1S/C17H21N5O2/c18-16(23)11-13-3-1-9-21(12-13)17(24)20-14-4-6-15(7-5-14)22-10-2-8-19-22/h2,4-8,10,13H,1,3,9,11-12H2,(H2,18,23)(H,20,24)/t13-/m1/s1. The van der Waals surface area contributed by atoms with Gasteiger partial charge in [0.05, 0.1) is 5.69 Å². The molecule has 0 spiro atoms. The molecule has 0 aliphatic carbocycles. The largest absolute Gasteiger partial charge is 0.370 e. The first-order valence-electron chi connectivity index (χ1n) is 8.06. The second-order valence-corrected chi connectivity index (χ2v) is 6.05. The number of nitrogens with two attached hydrogens (primary N) is 1. The first kappa shape index (κ1) is 16.0. The lowest BCUT2D eigenvalue weighted by atomic mass is 9.95. The van der Waals surface area contributed by atoms with Gasteiger partial charge in [-0.25, -0.2) is 9.48 Å². The Balaban J connectivity index is 1.59. The van der Waals surface area contributed by atoms with Crippen LogP contribution in [0.3, 0.4) is 0 Å². The van der Waals surface area contributed by atoms with E-state index in [1.807, 2.05) is 36.5 Å². The summed E-state index contributed by atoms with van der Waals surface area (Å²) in [6.07, 6.45) is 5.74. The van der Waals surface area contributed by atoms with Crippen molar-refractivity contribution in [2.45, 2.75) is 19.3 Å². The van der Waals surface area contributed by atoms with E-state index in [1.165, 1.54) is 0 Å². The monoisotopic (exact) mass is 327 g/mol. The second-order valence-electron chi connectivity index (χ2n) is 6.05. The summed E-state index contributed by atoms with van der Waals surface area (Å²) < 4.78 is 1.75. The highest BCUT2D eigenvalue weighted by atomic mass is 16.2. The van der Waals surface area contributed by atoms with Crippen LogP contribution in [0, 0.1) is 5.92 Å². The Morgan fingerprint density at radius 3 is 2.75 bits per heavy atom. The van der Waals surface area contributed by atoms with Gasteiger partial charge in [0.1, 0.15) is 0 Å². The van der Waals surface area contributed by atoms with E-state index in [1.54, 1.807) is 15.8 Å². The molecule has 3 amide bonds. The molecule has 2 heterocycles. The van der Waals surface area contributed by atoms with Gasteiger partial charge in [0.2, 0.25) is 5.91 Å². The average Bonchev–Trinajstić information content (AvgIpc) is 3.09. The van der Waals surface area contributed by atoms with Crippen molar-refractivity contribution in [3.8, 4) is 5.69 Å². The van der Waals surface area contributed by atoms with E-state index in [0.717, 1.165) is 24.2 Å². The number of hydrogen-bond acceptors (Lipinski definition) is 3. The lowest BCUT2D eigenvalue weighted by Gasteiger charge is -2.32. The van der Waals surface area contributed by atoms with E-state index in [2.05, 4.69) is 10.4 Å². The number of amides is 3. The summed E-state index contributed by atoms with van der Waals surface area (Å²) in [6.45, 7) is 1.27. The molecule has 1 fully saturated rings. The van der Waals surface area contributed by atoms with Crippen molar-refractivity contribution in [2.75, 3.05) is 18.4 Å². The van der Waals surface area contributed by atoms with Crippen LogP contribution in [0.25, 0.3) is 5.69 Å².